The van der Waals surface area contributed by atoms with Crippen LogP contribution in [0, 0.1) is 0 Å². The van der Waals surface area contributed by atoms with Gasteiger partial charge in [-0.05, 0) is 25.5 Å². The van der Waals surface area contributed by atoms with Crippen LogP contribution in [0.3, 0.4) is 0 Å². The van der Waals surface area contributed by atoms with E-state index < -0.39 is 0 Å². The molecule has 1 aromatic rings. The maximum absolute atomic E-state index is 5.77. The second-order valence-corrected chi connectivity index (χ2v) is 5.46. The average Bonchev–Trinajstić information content (AvgIpc) is 2.46. The number of thiocarbonyl (C=S) groups is 1. The fraction of sp³-hybridized carbons (Fsp3) is 0.571. The summed E-state index contributed by atoms with van der Waals surface area (Å²) in [7, 11) is 0. The lowest BCUT2D eigenvalue weighted by Crippen LogP contribution is -2.50. The normalized spacial score (nSPS) is 18.3. The molecule has 2 rings (SSSR count). The summed E-state index contributed by atoms with van der Waals surface area (Å²) in [6, 6.07) is 4.49. The van der Waals surface area contributed by atoms with E-state index in [0.29, 0.717) is 11.0 Å². The molecule has 0 saturated carbocycles. The van der Waals surface area contributed by atoms with Crippen LogP contribution in [0.5, 0.6) is 0 Å². The highest BCUT2D eigenvalue weighted by molar-refractivity contribution is 7.80. The van der Waals surface area contributed by atoms with Gasteiger partial charge in [0, 0.05) is 38.4 Å². The second kappa shape index (κ2) is 6.30. The Morgan fingerprint density at radius 1 is 1.42 bits per heavy atom. The van der Waals surface area contributed by atoms with E-state index in [0.717, 1.165) is 37.6 Å². The van der Waals surface area contributed by atoms with Crippen molar-refractivity contribution in [2.45, 2.75) is 26.3 Å². The number of aromatic nitrogens is 1. The smallest absolute Gasteiger partial charge is 0.138 e. The molecule has 1 fully saturated rings. The van der Waals surface area contributed by atoms with Gasteiger partial charge in [0.05, 0.1) is 5.56 Å². The molecule has 1 atom stereocenters. The van der Waals surface area contributed by atoms with Gasteiger partial charge in [-0.3, -0.25) is 4.90 Å². The lowest BCUT2D eigenvalue weighted by Gasteiger charge is -2.38. The molecular weight excluding hydrogens is 256 g/mol. The van der Waals surface area contributed by atoms with Crippen LogP contribution in [0.25, 0.3) is 0 Å². The molecule has 1 saturated heterocycles. The summed E-state index contributed by atoms with van der Waals surface area (Å²) in [5, 5.41) is 0. The van der Waals surface area contributed by atoms with Crippen LogP contribution >= 0.6 is 12.2 Å². The van der Waals surface area contributed by atoms with E-state index in [1.165, 1.54) is 6.42 Å². The van der Waals surface area contributed by atoms with Crippen molar-refractivity contribution in [2.75, 3.05) is 31.1 Å². The molecular formula is C14H22N4S. The van der Waals surface area contributed by atoms with Crippen molar-refractivity contribution in [1.29, 1.82) is 0 Å². The standard InChI is InChI=1S/C14H22N4S/c1-3-11(2)17-7-9-18(10-8-17)14-12(13(15)19)5-4-6-16-14/h4-6,11H,3,7-10H2,1-2H3,(H2,15,19). The van der Waals surface area contributed by atoms with Crippen molar-refractivity contribution in [2.24, 2.45) is 5.73 Å². The maximum Gasteiger partial charge on any atom is 0.138 e. The number of anilines is 1. The summed E-state index contributed by atoms with van der Waals surface area (Å²) in [6.45, 7) is 8.64. The highest BCUT2D eigenvalue weighted by Crippen LogP contribution is 2.19. The number of hydrogen-bond donors (Lipinski definition) is 1. The first kappa shape index (κ1) is 14.2. The lowest BCUT2D eigenvalue weighted by molar-refractivity contribution is 0.192. The van der Waals surface area contributed by atoms with Gasteiger partial charge >= 0.3 is 0 Å². The first-order chi connectivity index (χ1) is 9.13. The summed E-state index contributed by atoms with van der Waals surface area (Å²) >= 11 is 5.10. The number of pyridine rings is 1. The predicted octanol–water partition coefficient (Wildman–Crippen LogP) is 1.64. The highest BCUT2D eigenvalue weighted by atomic mass is 32.1. The molecule has 1 aromatic heterocycles. The van der Waals surface area contributed by atoms with Gasteiger partial charge < -0.3 is 10.6 Å². The van der Waals surface area contributed by atoms with Crippen LogP contribution in [0.2, 0.25) is 0 Å². The minimum atomic E-state index is 0.424. The van der Waals surface area contributed by atoms with Crippen LogP contribution in [0.4, 0.5) is 5.82 Å². The number of hydrogen-bond acceptors (Lipinski definition) is 4. The number of nitrogens with zero attached hydrogens (tertiary/aromatic N) is 3. The fourth-order valence-electron chi connectivity index (χ4n) is 2.47. The Morgan fingerprint density at radius 3 is 2.68 bits per heavy atom. The van der Waals surface area contributed by atoms with Gasteiger partial charge in [-0.1, -0.05) is 19.1 Å². The highest BCUT2D eigenvalue weighted by Gasteiger charge is 2.22. The zero-order chi connectivity index (χ0) is 13.8. The summed E-state index contributed by atoms with van der Waals surface area (Å²) in [6.07, 6.45) is 3.00. The van der Waals surface area contributed by atoms with E-state index in [4.69, 9.17) is 18.0 Å². The zero-order valence-electron chi connectivity index (χ0n) is 11.7. The third-order valence-corrected chi connectivity index (χ3v) is 4.10. The first-order valence-electron chi connectivity index (χ1n) is 6.87. The number of piperazine rings is 1. The molecule has 0 aliphatic carbocycles. The third-order valence-electron chi connectivity index (χ3n) is 3.88. The van der Waals surface area contributed by atoms with Crippen LogP contribution in [-0.2, 0) is 0 Å². The molecule has 19 heavy (non-hydrogen) atoms. The zero-order valence-corrected chi connectivity index (χ0v) is 12.5. The minimum Gasteiger partial charge on any atom is -0.389 e. The Labute approximate surface area is 120 Å². The molecule has 4 nitrogen and oxygen atoms in total. The molecule has 2 heterocycles. The Hall–Kier alpha value is -1.20. The Bertz CT molecular complexity index is 441. The lowest BCUT2D eigenvalue weighted by atomic mass is 10.1. The van der Waals surface area contributed by atoms with Gasteiger partial charge in [0.25, 0.3) is 0 Å². The number of rotatable bonds is 4. The minimum absolute atomic E-state index is 0.424. The molecule has 2 N–H and O–H groups in total. The summed E-state index contributed by atoms with van der Waals surface area (Å²) in [5.41, 5.74) is 6.66. The molecule has 1 aliphatic rings. The second-order valence-electron chi connectivity index (χ2n) is 5.02. The Balaban J connectivity index is 2.08. The average molecular weight is 278 g/mol. The van der Waals surface area contributed by atoms with Crippen molar-refractivity contribution >= 4 is 23.0 Å². The molecule has 104 valence electrons. The quantitative estimate of drug-likeness (QED) is 0.848. The fourth-order valence-corrected chi connectivity index (χ4v) is 2.63. The van der Waals surface area contributed by atoms with Crippen molar-refractivity contribution in [3.63, 3.8) is 0 Å². The van der Waals surface area contributed by atoms with E-state index in [1.54, 1.807) is 6.20 Å². The van der Waals surface area contributed by atoms with Crippen LogP contribution in [-0.4, -0.2) is 47.1 Å². The molecule has 0 amide bonds. The monoisotopic (exact) mass is 278 g/mol. The van der Waals surface area contributed by atoms with E-state index in [1.807, 2.05) is 12.1 Å². The van der Waals surface area contributed by atoms with Gasteiger partial charge in [0.1, 0.15) is 10.8 Å². The van der Waals surface area contributed by atoms with Crippen LogP contribution in [0.1, 0.15) is 25.8 Å². The first-order valence-corrected chi connectivity index (χ1v) is 7.28. The third kappa shape index (κ3) is 3.22. The van der Waals surface area contributed by atoms with Gasteiger partial charge in [0.15, 0.2) is 0 Å². The molecule has 5 heteroatoms. The largest absolute Gasteiger partial charge is 0.389 e. The van der Waals surface area contributed by atoms with E-state index in [-0.39, 0.29) is 0 Å². The van der Waals surface area contributed by atoms with Gasteiger partial charge in [-0.15, -0.1) is 0 Å². The molecule has 0 aromatic carbocycles. The molecule has 1 aliphatic heterocycles. The van der Waals surface area contributed by atoms with Gasteiger partial charge in [-0.25, -0.2) is 4.98 Å². The summed E-state index contributed by atoms with van der Waals surface area (Å²) < 4.78 is 0. The Kier molecular flexibility index (Phi) is 4.71. The topological polar surface area (TPSA) is 45.4 Å². The van der Waals surface area contributed by atoms with E-state index in [2.05, 4.69) is 28.6 Å². The maximum atomic E-state index is 5.77. The number of nitrogens with two attached hydrogens (primary N) is 1. The van der Waals surface area contributed by atoms with Crippen LogP contribution < -0.4 is 10.6 Å². The van der Waals surface area contributed by atoms with Crippen LogP contribution in [0.15, 0.2) is 18.3 Å². The summed E-state index contributed by atoms with van der Waals surface area (Å²) in [4.78, 5) is 9.69. The van der Waals surface area contributed by atoms with E-state index >= 15 is 0 Å². The van der Waals surface area contributed by atoms with E-state index in [9.17, 15) is 0 Å². The van der Waals surface area contributed by atoms with Gasteiger partial charge in [0.2, 0.25) is 0 Å². The summed E-state index contributed by atoms with van der Waals surface area (Å²) in [5.74, 6) is 0.929. The molecule has 0 bridgehead atoms. The predicted molar refractivity (Wildman–Crippen MR) is 83.7 cm³/mol. The molecule has 0 radical (unpaired) electrons. The molecule has 1 unspecified atom stereocenters. The van der Waals surface area contributed by atoms with Crippen molar-refractivity contribution in [1.82, 2.24) is 9.88 Å². The van der Waals surface area contributed by atoms with Crippen molar-refractivity contribution in [3.8, 4) is 0 Å². The van der Waals surface area contributed by atoms with Gasteiger partial charge in [-0.2, -0.15) is 0 Å². The van der Waals surface area contributed by atoms with Crippen molar-refractivity contribution in [3.05, 3.63) is 23.9 Å². The SMILES string of the molecule is CCC(C)N1CCN(c2ncccc2C(N)=S)CC1. The Morgan fingerprint density at radius 2 is 2.11 bits per heavy atom. The van der Waals surface area contributed by atoms with Crippen molar-refractivity contribution < 1.29 is 0 Å². The molecule has 0 spiro atoms.